The average molecular weight is 318 g/mol. The van der Waals surface area contributed by atoms with Gasteiger partial charge in [0.25, 0.3) is 0 Å². The van der Waals surface area contributed by atoms with Crippen molar-refractivity contribution in [1.29, 1.82) is 0 Å². The molecule has 1 aromatic rings. The monoisotopic (exact) mass is 318 g/mol. The summed E-state index contributed by atoms with van der Waals surface area (Å²) in [5.74, 6) is 0.981. The Bertz CT molecular complexity index is 488. The zero-order valence-electron chi connectivity index (χ0n) is 13.6. The molecule has 0 aromatic heterocycles. The maximum absolute atomic E-state index is 12.1. The number of para-hydroxylation sites is 1. The molecule has 0 unspecified atom stereocenters. The van der Waals surface area contributed by atoms with Crippen LogP contribution >= 0.6 is 0 Å². The van der Waals surface area contributed by atoms with E-state index in [9.17, 15) is 4.79 Å². The number of benzene rings is 1. The van der Waals surface area contributed by atoms with Gasteiger partial charge in [0.1, 0.15) is 12.4 Å². The van der Waals surface area contributed by atoms with Crippen LogP contribution in [0, 0.1) is 0 Å². The number of nitrogens with zero attached hydrogens (tertiary/aromatic N) is 1. The summed E-state index contributed by atoms with van der Waals surface area (Å²) in [7, 11) is 0. The summed E-state index contributed by atoms with van der Waals surface area (Å²) >= 11 is 0. The van der Waals surface area contributed by atoms with Gasteiger partial charge in [-0.05, 0) is 44.4 Å². The Labute approximate surface area is 137 Å². The summed E-state index contributed by atoms with van der Waals surface area (Å²) in [4.78, 5) is 14.4. The summed E-state index contributed by atoms with van der Waals surface area (Å²) < 4.78 is 11.4. The summed E-state index contributed by atoms with van der Waals surface area (Å²) in [6, 6.07) is 10.2. The first kappa shape index (κ1) is 16.3. The number of hydrogen-bond donors (Lipinski definition) is 1. The van der Waals surface area contributed by atoms with E-state index in [1.54, 1.807) is 0 Å². The Balaban J connectivity index is 1.40. The van der Waals surface area contributed by atoms with E-state index < -0.39 is 0 Å². The maximum atomic E-state index is 12.1. The first-order chi connectivity index (χ1) is 11.3. The van der Waals surface area contributed by atoms with Crippen LogP contribution in [-0.2, 0) is 9.53 Å². The second kappa shape index (κ2) is 8.31. The van der Waals surface area contributed by atoms with Crippen LogP contribution in [-0.4, -0.2) is 55.8 Å². The second-order valence-corrected chi connectivity index (χ2v) is 6.33. The molecule has 0 aliphatic carbocycles. The van der Waals surface area contributed by atoms with Gasteiger partial charge in [0, 0.05) is 19.2 Å². The van der Waals surface area contributed by atoms with Crippen molar-refractivity contribution in [3.63, 3.8) is 0 Å². The van der Waals surface area contributed by atoms with E-state index in [1.165, 1.54) is 0 Å². The molecule has 2 heterocycles. The van der Waals surface area contributed by atoms with Gasteiger partial charge in [-0.3, -0.25) is 9.69 Å². The third-order valence-electron chi connectivity index (χ3n) is 4.58. The Morgan fingerprint density at radius 2 is 2.13 bits per heavy atom. The van der Waals surface area contributed by atoms with Crippen LogP contribution < -0.4 is 10.1 Å². The first-order valence-electron chi connectivity index (χ1n) is 8.61. The highest BCUT2D eigenvalue weighted by atomic mass is 16.5. The lowest BCUT2D eigenvalue weighted by Crippen LogP contribution is -2.43. The summed E-state index contributed by atoms with van der Waals surface area (Å²) in [5, 5.41) is 3.00. The molecule has 2 aliphatic heterocycles. The van der Waals surface area contributed by atoms with E-state index in [1.807, 2.05) is 30.3 Å². The van der Waals surface area contributed by atoms with E-state index in [-0.39, 0.29) is 12.0 Å². The molecule has 126 valence electrons. The smallest absolute Gasteiger partial charge is 0.234 e. The molecule has 5 nitrogen and oxygen atoms in total. The predicted octanol–water partition coefficient (Wildman–Crippen LogP) is 1.83. The second-order valence-electron chi connectivity index (χ2n) is 6.33. The van der Waals surface area contributed by atoms with Gasteiger partial charge in [-0.15, -0.1) is 0 Å². The number of likely N-dealkylation sites (tertiary alicyclic amines) is 1. The molecule has 0 bridgehead atoms. The molecule has 2 atom stereocenters. The predicted molar refractivity (Wildman–Crippen MR) is 88.5 cm³/mol. The molecular formula is C18H26N2O3. The highest BCUT2D eigenvalue weighted by Crippen LogP contribution is 2.19. The Hall–Kier alpha value is -1.59. The van der Waals surface area contributed by atoms with Crippen molar-refractivity contribution in [3.05, 3.63) is 30.3 Å². The van der Waals surface area contributed by atoms with Crippen LogP contribution in [0.25, 0.3) is 0 Å². The van der Waals surface area contributed by atoms with Crippen LogP contribution in [0.2, 0.25) is 0 Å². The van der Waals surface area contributed by atoms with Gasteiger partial charge in [0.05, 0.1) is 12.6 Å². The Morgan fingerprint density at radius 3 is 2.91 bits per heavy atom. The van der Waals surface area contributed by atoms with Gasteiger partial charge in [-0.25, -0.2) is 0 Å². The number of hydrogen-bond acceptors (Lipinski definition) is 4. The van der Waals surface area contributed by atoms with Gasteiger partial charge in [0.2, 0.25) is 5.91 Å². The molecule has 1 amide bonds. The van der Waals surface area contributed by atoms with Gasteiger partial charge in [-0.1, -0.05) is 18.2 Å². The molecule has 2 aliphatic rings. The lowest BCUT2D eigenvalue weighted by Gasteiger charge is -2.24. The fourth-order valence-corrected chi connectivity index (χ4v) is 3.27. The highest BCUT2D eigenvalue weighted by Gasteiger charge is 2.27. The number of amides is 1. The molecule has 0 spiro atoms. The van der Waals surface area contributed by atoms with Crippen LogP contribution in [0.5, 0.6) is 5.75 Å². The minimum atomic E-state index is 0.0899. The van der Waals surface area contributed by atoms with Crippen LogP contribution in [0.4, 0.5) is 0 Å². The Kier molecular flexibility index (Phi) is 5.88. The van der Waals surface area contributed by atoms with Crippen molar-refractivity contribution in [2.45, 2.75) is 37.8 Å². The molecule has 2 saturated heterocycles. The van der Waals surface area contributed by atoms with E-state index in [2.05, 4.69) is 10.2 Å². The third-order valence-corrected chi connectivity index (χ3v) is 4.58. The molecule has 2 fully saturated rings. The first-order valence-corrected chi connectivity index (χ1v) is 8.61. The van der Waals surface area contributed by atoms with Crippen LogP contribution in [0.3, 0.4) is 0 Å². The van der Waals surface area contributed by atoms with Crippen molar-refractivity contribution < 1.29 is 14.3 Å². The quantitative estimate of drug-likeness (QED) is 0.833. The number of ether oxygens (including phenoxy) is 2. The van der Waals surface area contributed by atoms with Gasteiger partial charge >= 0.3 is 0 Å². The SMILES string of the molecule is O=C(CN1CCC[C@@H]1COc1ccccc1)NC[C@@H]1CCCO1. The van der Waals surface area contributed by atoms with Crippen molar-refractivity contribution in [1.82, 2.24) is 10.2 Å². The molecule has 3 rings (SSSR count). The Morgan fingerprint density at radius 1 is 1.26 bits per heavy atom. The van der Waals surface area contributed by atoms with Gasteiger partial charge in [-0.2, -0.15) is 0 Å². The van der Waals surface area contributed by atoms with Crippen LogP contribution in [0.1, 0.15) is 25.7 Å². The van der Waals surface area contributed by atoms with E-state index in [0.29, 0.717) is 25.7 Å². The maximum Gasteiger partial charge on any atom is 0.234 e. The van der Waals surface area contributed by atoms with Crippen molar-refractivity contribution in [3.8, 4) is 5.75 Å². The number of carbonyl (C=O) groups is 1. The van der Waals surface area contributed by atoms with Crippen molar-refractivity contribution in [2.24, 2.45) is 0 Å². The van der Waals surface area contributed by atoms with E-state index >= 15 is 0 Å². The third kappa shape index (κ3) is 4.94. The summed E-state index contributed by atoms with van der Waals surface area (Å²) in [6.07, 6.45) is 4.58. The topological polar surface area (TPSA) is 50.8 Å². The van der Waals surface area contributed by atoms with E-state index in [4.69, 9.17) is 9.47 Å². The zero-order chi connectivity index (χ0) is 15.9. The fraction of sp³-hybridized carbons (Fsp3) is 0.611. The molecule has 5 heteroatoms. The lowest BCUT2D eigenvalue weighted by atomic mass is 10.2. The molecule has 1 aromatic carbocycles. The van der Waals surface area contributed by atoms with Crippen LogP contribution in [0.15, 0.2) is 30.3 Å². The normalized spacial score (nSPS) is 24.7. The number of carbonyl (C=O) groups excluding carboxylic acids is 1. The largest absolute Gasteiger partial charge is 0.492 e. The summed E-state index contributed by atoms with van der Waals surface area (Å²) in [6.45, 7) is 3.53. The van der Waals surface area contributed by atoms with Gasteiger partial charge in [0.15, 0.2) is 0 Å². The zero-order valence-corrected chi connectivity index (χ0v) is 13.6. The van der Waals surface area contributed by atoms with Crippen molar-refractivity contribution >= 4 is 5.91 Å². The minimum Gasteiger partial charge on any atom is -0.492 e. The number of rotatable bonds is 7. The molecule has 0 radical (unpaired) electrons. The van der Waals surface area contributed by atoms with Crippen molar-refractivity contribution in [2.75, 3.05) is 32.8 Å². The lowest BCUT2D eigenvalue weighted by molar-refractivity contribution is -0.123. The molecule has 23 heavy (non-hydrogen) atoms. The van der Waals surface area contributed by atoms with Gasteiger partial charge < -0.3 is 14.8 Å². The summed E-state index contributed by atoms with van der Waals surface area (Å²) in [5.41, 5.74) is 0. The molecule has 1 N–H and O–H groups in total. The van der Waals surface area contributed by atoms with E-state index in [0.717, 1.165) is 44.6 Å². The minimum absolute atomic E-state index is 0.0899. The number of nitrogens with one attached hydrogen (secondary N) is 1. The highest BCUT2D eigenvalue weighted by molar-refractivity contribution is 5.78. The molecule has 0 saturated carbocycles. The standard InChI is InChI=1S/C18H26N2O3/c21-18(19-12-17-9-5-11-22-17)13-20-10-4-6-15(20)14-23-16-7-2-1-3-8-16/h1-3,7-8,15,17H,4-6,9-14H2,(H,19,21)/t15-,17+/m1/s1. The fourth-order valence-electron chi connectivity index (χ4n) is 3.27. The average Bonchev–Trinajstić information content (AvgIpc) is 3.24. The molecular weight excluding hydrogens is 292 g/mol.